The zero-order chi connectivity index (χ0) is 12.4. The molecule has 1 aromatic rings. The summed E-state index contributed by atoms with van der Waals surface area (Å²) in [6.45, 7) is 3.51. The van der Waals surface area contributed by atoms with Gasteiger partial charge in [0.15, 0.2) is 0 Å². The van der Waals surface area contributed by atoms with E-state index in [0.717, 1.165) is 19.5 Å². The van der Waals surface area contributed by atoms with Crippen molar-refractivity contribution < 1.29 is 5.11 Å². The Kier molecular flexibility index (Phi) is 3.71. The van der Waals surface area contributed by atoms with Gasteiger partial charge in [-0.15, -0.1) is 11.3 Å². The zero-order valence-electron chi connectivity index (χ0n) is 10.8. The van der Waals surface area contributed by atoms with Crippen molar-refractivity contribution in [3.8, 4) is 0 Å². The third-order valence-corrected chi connectivity index (χ3v) is 5.45. The minimum Gasteiger partial charge on any atom is -0.394 e. The Hall–Kier alpha value is -0.420. The molecule has 100 valence electrons. The molecule has 1 aromatic heterocycles. The van der Waals surface area contributed by atoms with Crippen molar-refractivity contribution in [3.63, 3.8) is 0 Å². The van der Waals surface area contributed by atoms with Crippen molar-refractivity contribution in [2.24, 2.45) is 0 Å². The predicted octanol–water partition coefficient (Wildman–Crippen LogP) is 1.83. The summed E-state index contributed by atoms with van der Waals surface area (Å²) in [6, 6.07) is 4.79. The molecule has 0 amide bonds. The number of hydrogen-bond acceptors (Lipinski definition) is 4. The molecule has 2 saturated heterocycles. The van der Waals surface area contributed by atoms with Crippen LogP contribution in [0.5, 0.6) is 0 Å². The van der Waals surface area contributed by atoms with Crippen molar-refractivity contribution in [2.75, 3.05) is 19.7 Å². The zero-order valence-corrected chi connectivity index (χ0v) is 11.6. The van der Waals surface area contributed by atoms with Crippen LogP contribution >= 0.6 is 11.3 Å². The van der Waals surface area contributed by atoms with E-state index >= 15 is 0 Å². The largest absolute Gasteiger partial charge is 0.394 e. The molecule has 0 spiro atoms. The van der Waals surface area contributed by atoms with Crippen LogP contribution in [0.15, 0.2) is 17.5 Å². The molecule has 2 atom stereocenters. The van der Waals surface area contributed by atoms with Gasteiger partial charge in [-0.1, -0.05) is 12.5 Å². The number of hydrogen-bond donors (Lipinski definition) is 2. The molecule has 2 fully saturated rings. The van der Waals surface area contributed by atoms with Crippen molar-refractivity contribution >= 4 is 11.3 Å². The maximum absolute atomic E-state index is 9.90. The summed E-state index contributed by atoms with van der Waals surface area (Å²) in [5.74, 6) is 0. The van der Waals surface area contributed by atoms with Gasteiger partial charge in [0.25, 0.3) is 0 Å². The van der Waals surface area contributed by atoms with Crippen molar-refractivity contribution in [1.82, 2.24) is 10.2 Å². The fourth-order valence-electron chi connectivity index (χ4n) is 3.52. The third kappa shape index (κ3) is 2.23. The van der Waals surface area contributed by atoms with Crippen LogP contribution in [0, 0.1) is 0 Å². The number of rotatable bonds is 4. The second kappa shape index (κ2) is 5.29. The van der Waals surface area contributed by atoms with Crippen LogP contribution in [0.1, 0.15) is 30.6 Å². The summed E-state index contributed by atoms with van der Waals surface area (Å²) >= 11 is 1.79. The number of fused-ring (bicyclic) bond motifs is 1. The quantitative estimate of drug-likeness (QED) is 0.873. The molecular weight excluding hydrogens is 244 g/mol. The molecule has 18 heavy (non-hydrogen) atoms. The SMILES string of the molecule is OCC1(NCc2cccs2)CCN2CCCCC21. The first-order valence-corrected chi connectivity index (χ1v) is 7.84. The first kappa shape index (κ1) is 12.6. The van der Waals surface area contributed by atoms with Gasteiger partial charge in [-0.05, 0) is 37.3 Å². The van der Waals surface area contributed by atoms with Crippen molar-refractivity contribution in [3.05, 3.63) is 22.4 Å². The van der Waals surface area contributed by atoms with Crippen LogP contribution in [0.3, 0.4) is 0 Å². The van der Waals surface area contributed by atoms with Crippen LogP contribution < -0.4 is 5.32 Å². The average molecular weight is 266 g/mol. The molecule has 4 heteroatoms. The Morgan fingerprint density at radius 3 is 3.17 bits per heavy atom. The summed E-state index contributed by atoms with van der Waals surface area (Å²) < 4.78 is 0. The molecule has 0 aliphatic carbocycles. The smallest absolute Gasteiger partial charge is 0.0629 e. The number of piperidine rings is 1. The van der Waals surface area contributed by atoms with Gasteiger partial charge in [0.2, 0.25) is 0 Å². The number of nitrogens with one attached hydrogen (secondary N) is 1. The Bertz CT molecular complexity index is 381. The molecule has 2 aliphatic heterocycles. The monoisotopic (exact) mass is 266 g/mol. The van der Waals surface area contributed by atoms with E-state index in [0.29, 0.717) is 6.04 Å². The van der Waals surface area contributed by atoms with Crippen molar-refractivity contribution in [2.45, 2.75) is 43.8 Å². The normalized spacial score (nSPS) is 32.6. The lowest BCUT2D eigenvalue weighted by Crippen LogP contribution is -2.57. The van der Waals surface area contributed by atoms with E-state index in [1.165, 1.54) is 30.7 Å². The molecule has 0 aromatic carbocycles. The highest BCUT2D eigenvalue weighted by atomic mass is 32.1. The lowest BCUT2D eigenvalue weighted by Gasteiger charge is -2.40. The predicted molar refractivity (Wildman–Crippen MR) is 74.8 cm³/mol. The molecule has 3 rings (SSSR count). The van der Waals surface area contributed by atoms with Gasteiger partial charge < -0.3 is 10.4 Å². The molecule has 3 nitrogen and oxygen atoms in total. The maximum atomic E-state index is 9.90. The lowest BCUT2D eigenvalue weighted by atomic mass is 9.86. The van der Waals surface area contributed by atoms with E-state index in [4.69, 9.17) is 0 Å². The van der Waals surface area contributed by atoms with Crippen LogP contribution in [0.25, 0.3) is 0 Å². The Labute approximate surface area is 113 Å². The average Bonchev–Trinajstić information content (AvgIpc) is 3.05. The van der Waals surface area contributed by atoms with E-state index < -0.39 is 0 Å². The van der Waals surface area contributed by atoms with E-state index in [2.05, 4.69) is 27.7 Å². The topological polar surface area (TPSA) is 35.5 Å². The number of thiophene rings is 1. The van der Waals surface area contributed by atoms with Gasteiger partial charge in [0, 0.05) is 24.0 Å². The van der Waals surface area contributed by atoms with Crippen LogP contribution in [0.2, 0.25) is 0 Å². The third-order valence-electron chi connectivity index (χ3n) is 4.57. The van der Waals surface area contributed by atoms with Gasteiger partial charge in [0.05, 0.1) is 12.1 Å². The highest BCUT2D eigenvalue weighted by Gasteiger charge is 2.47. The van der Waals surface area contributed by atoms with Crippen LogP contribution in [-0.4, -0.2) is 41.3 Å². The van der Waals surface area contributed by atoms with E-state index in [1.54, 1.807) is 11.3 Å². The molecule has 0 radical (unpaired) electrons. The number of nitrogens with zero attached hydrogens (tertiary/aromatic N) is 1. The first-order valence-electron chi connectivity index (χ1n) is 6.96. The summed E-state index contributed by atoms with van der Waals surface area (Å²) in [5.41, 5.74) is -0.0651. The second-order valence-electron chi connectivity index (χ2n) is 5.54. The maximum Gasteiger partial charge on any atom is 0.0629 e. The fraction of sp³-hybridized carbons (Fsp3) is 0.714. The highest BCUT2D eigenvalue weighted by Crippen LogP contribution is 2.35. The molecular formula is C14H22N2OS. The summed E-state index contributed by atoms with van der Waals surface area (Å²) in [7, 11) is 0. The summed E-state index contributed by atoms with van der Waals surface area (Å²) in [5, 5.41) is 15.7. The van der Waals surface area contributed by atoms with Crippen LogP contribution in [-0.2, 0) is 6.54 Å². The molecule has 2 N–H and O–H groups in total. The summed E-state index contributed by atoms with van der Waals surface area (Å²) in [6.07, 6.45) is 4.95. The highest BCUT2D eigenvalue weighted by molar-refractivity contribution is 7.09. The van der Waals surface area contributed by atoms with Crippen LogP contribution in [0.4, 0.5) is 0 Å². The van der Waals surface area contributed by atoms with Gasteiger partial charge in [-0.25, -0.2) is 0 Å². The van der Waals surface area contributed by atoms with E-state index in [9.17, 15) is 5.11 Å². The van der Waals surface area contributed by atoms with Gasteiger partial charge in [-0.2, -0.15) is 0 Å². The van der Waals surface area contributed by atoms with Gasteiger partial charge in [-0.3, -0.25) is 4.90 Å². The van der Waals surface area contributed by atoms with Crippen molar-refractivity contribution in [1.29, 1.82) is 0 Å². The Morgan fingerprint density at radius 1 is 1.44 bits per heavy atom. The number of aliphatic hydroxyl groups excluding tert-OH is 1. The lowest BCUT2D eigenvalue weighted by molar-refractivity contribution is 0.0864. The Morgan fingerprint density at radius 2 is 2.39 bits per heavy atom. The molecule has 0 saturated carbocycles. The second-order valence-corrected chi connectivity index (χ2v) is 6.58. The molecule has 2 unspecified atom stereocenters. The fourth-order valence-corrected chi connectivity index (χ4v) is 4.16. The molecule has 2 aliphatic rings. The minimum absolute atomic E-state index is 0.0651. The summed E-state index contributed by atoms with van der Waals surface area (Å²) in [4.78, 5) is 3.93. The minimum atomic E-state index is -0.0651. The van der Waals surface area contributed by atoms with E-state index in [-0.39, 0.29) is 12.1 Å². The Balaban J connectivity index is 1.69. The standard InChI is InChI=1S/C14H22N2OS/c17-11-14(15-10-12-4-3-9-18-12)6-8-16-7-2-1-5-13(14)16/h3-4,9,13,15,17H,1-2,5-8,10-11H2. The van der Waals surface area contributed by atoms with E-state index in [1.807, 2.05) is 0 Å². The van der Waals surface area contributed by atoms with Gasteiger partial charge >= 0.3 is 0 Å². The molecule has 3 heterocycles. The number of aliphatic hydroxyl groups is 1. The van der Waals surface area contributed by atoms with Gasteiger partial charge in [0.1, 0.15) is 0 Å². The molecule has 0 bridgehead atoms. The first-order chi connectivity index (χ1) is 8.84.